The fraction of sp³-hybridized carbons (Fsp3) is 0.0909. The number of rotatable bonds is 3. The van der Waals surface area contributed by atoms with E-state index in [0.29, 0.717) is 22.9 Å². The summed E-state index contributed by atoms with van der Waals surface area (Å²) < 4.78 is 16.4. The number of carbonyl (C=O) groups excluding carboxylic acids is 1. The van der Waals surface area contributed by atoms with Gasteiger partial charge in [0, 0.05) is 23.6 Å². The number of fused-ring (bicyclic) bond motifs is 2. The standard InChI is InChI=1S/C22H16FN3O2/c23-18-9-14(13-5-6-19-16(8-13)10-21(27)25-19)3-4-15(18)11-26-12-20-17(22(26)28)2-1-7-24-20/h1-9,12,28H,10-11H2,(H,25,27). The molecule has 2 N–H and O–H groups in total. The highest BCUT2D eigenvalue weighted by Gasteiger charge is 2.18. The first-order chi connectivity index (χ1) is 13.6. The van der Waals surface area contributed by atoms with Gasteiger partial charge in [0.05, 0.1) is 23.9 Å². The quantitative estimate of drug-likeness (QED) is 0.568. The van der Waals surface area contributed by atoms with Crippen molar-refractivity contribution in [3.05, 3.63) is 77.9 Å². The Hall–Kier alpha value is -3.67. The van der Waals surface area contributed by atoms with Gasteiger partial charge in [0.2, 0.25) is 11.8 Å². The Kier molecular flexibility index (Phi) is 3.65. The maximum atomic E-state index is 14.8. The molecule has 5 rings (SSSR count). The lowest BCUT2D eigenvalue weighted by molar-refractivity contribution is -0.115. The van der Waals surface area contributed by atoms with Crippen LogP contribution in [-0.2, 0) is 17.8 Å². The number of hydrogen-bond acceptors (Lipinski definition) is 3. The normalized spacial score (nSPS) is 13.0. The first kappa shape index (κ1) is 16.5. The van der Waals surface area contributed by atoms with Crippen molar-refractivity contribution >= 4 is 22.5 Å². The second kappa shape index (κ2) is 6.20. The molecule has 1 aliphatic rings. The van der Waals surface area contributed by atoms with Gasteiger partial charge in [-0.25, -0.2) is 4.39 Å². The number of carbonyl (C=O) groups is 1. The van der Waals surface area contributed by atoms with E-state index in [2.05, 4.69) is 10.3 Å². The van der Waals surface area contributed by atoms with Crippen molar-refractivity contribution in [1.29, 1.82) is 0 Å². The van der Waals surface area contributed by atoms with Crippen LogP contribution in [0.1, 0.15) is 11.1 Å². The van der Waals surface area contributed by atoms with Crippen molar-refractivity contribution < 1.29 is 14.3 Å². The molecule has 0 atom stereocenters. The number of anilines is 1. The molecule has 0 saturated carbocycles. The molecule has 1 aliphatic heterocycles. The van der Waals surface area contributed by atoms with Gasteiger partial charge in [-0.15, -0.1) is 0 Å². The molecule has 0 bridgehead atoms. The van der Waals surface area contributed by atoms with Gasteiger partial charge < -0.3 is 15.0 Å². The van der Waals surface area contributed by atoms with Crippen LogP contribution in [0.5, 0.6) is 5.88 Å². The van der Waals surface area contributed by atoms with Crippen molar-refractivity contribution in [3.63, 3.8) is 0 Å². The Labute approximate surface area is 160 Å². The average molecular weight is 373 g/mol. The summed E-state index contributed by atoms with van der Waals surface area (Å²) in [5.41, 5.74) is 4.47. The molecular formula is C22H16FN3O2. The molecule has 0 fully saturated rings. The Morgan fingerprint density at radius 3 is 2.79 bits per heavy atom. The smallest absolute Gasteiger partial charge is 0.228 e. The fourth-order valence-electron chi connectivity index (χ4n) is 3.64. The first-order valence-corrected chi connectivity index (χ1v) is 8.93. The van der Waals surface area contributed by atoms with Gasteiger partial charge in [0.25, 0.3) is 0 Å². The van der Waals surface area contributed by atoms with Gasteiger partial charge in [0.15, 0.2) is 0 Å². The molecule has 0 spiro atoms. The summed E-state index contributed by atoms with van der Waals surface area (Å²) in [5.74, 6) is -0.304. The maximum absolute atomic E-state index is 14.8. The number of halogens is 1. The van der Waals surface area contributed by atoms with Gasteiger partial charge in [-0.1, -0.05) is 18.2 Å². The van der Waals surface area contributed by atoms with Gasteiger partial charge >= 0.3 is 0 Å². The van der Waals surface area contributed by atoms with E-state index in [4.69, 9.17) is 0 Å². The van der Waals surface area contributed by atoms with Crippen LogP contribution in [0.3, 0.4) is 0 Å². The maximum Gasteiger partial charge on any atom is 0.228 e. The SMILES string of the molecule is O=C1Cc2cc(-c3ccc(Cn4cc5ncccc5c4O)c(F)c3)ccc2N1. The van der Waals surface area contributed by atoms with Crippen molar-refractivity contribution in [2.24, 2.45) is 0 Å². The van der Waals surface area contributed by atoms with Crippen LogP contribution in [0.25, 0.3) is 22.0 Å². The minimum atomic E-state index is -0.350. The summed E-state index contributed by atoms with van der Waals surface area (Å²) in [4.78, 5) is 15.7. The van der Waals surface area contributed by atoms with Gasteiger partial charge in [-0.05, 0) is 47.0 Å². The molecule has 5 nitrogen and oxygen atoms in total. The van der Waals surface area contributed by atoms with Crippen LogP contribution in [0.2, 0.25) is 0 Å². The predicted octanol–water partition coefficient (Wildman–Crippen LogP) is 4.09. The molecule has 138 valence electrons. The number of nitrogens with zero attached hydrogens (tertiary/aromatic N) is 2. The van der Waals surface area contributed by atoms with Gasteiger partial charge in [-0.2, -0.15) is 0 Å². The molecule has 2 aromatic heterocycles. The lowest BCUT2D eigenvalue weighted by Gasteiger charge is -2.09. The summed E-state index contributed by atoms with van der Waals surface area (Å²) in [5, 5.41) is 13.8. The van der Waals surface area contributed by atoms with E-state index in [-0.39, 0.29) is 24.1 Å². The molecule has 1 amide bonds. The van der Waals surface area contributed by atoms with Gasteiger partial charge in [0.1, 0.15) is 5.82 Å². The predicted molar refractivity (Wildman–Crippen MR) is 105 cm³/mol. The summed E-state index contributed by atoms with van der Waals surface area (Å²) in [6.45, 7) is 0.205. The number of benzene rings is 2. The Bertz CT molecular complexity index is 1250. The fourth-order valence-corrected chi connectivity index (χ4v) is 3.64. The van der Waals surface area contributed by atoms with E-state index < -0.39 is 0 Å². The monoisotopic (exact) mass is 373 g/mol. The van der Waals surface area contributed by atoms with Crippen LogP contribution in [0, 0.1) is 5.82 Å². The van der Waals surface area contributed by atoms with Crippen LogP contribution < -0.4 is 5.32 Å². The van der Waals surface area contributed by atoms with Gasteiger partial charge in [-0.3, -0.25) is 9.78 Å². The van der Waals surface area contributed by atoms with E-state index in [9.17, 15) is 14.3 Å². The van der Waals surface area contributed by atoms with E-state index in [0.717, 1.165) is 22.4 Å². The summed E-state index contributed by atoms with van der Waals surface area (Å²) in [6, 6.07) is 14.2. The number of aromatic nitrogens is 2. The number of pyridine rings is 1. The molecule has 0 saturated heterocycles. The second-order valence-corrected chi connectivity index (χ2v) is 6.92. The van der Waals surface area contributed by atoms with Crippen molar-refractivity contribution in [3.8, 4) is 17.0 Å². The highest BCUT2D eigenvalue weighted by Crippen LogP contribution is 2.31. The molecule has 4 aromatic rings. The van der Waals surface area contributed by atoms with Crippen LogP contribution >= 0.6 is 0 Å². The minimum Gasteiger partial charge on any atom is -0.494 e. The third-order valence-corrected chi connectivity index (χ3v) is 5.09. The number of amides is 1. The molecule has 2 aromatic carbocycles. The molecule has 28 heavy (non-hydrogen) atoms. The second-order valence-electron chi connectivity index (χ2n) is 6.92. The molecule has 3 heterocycles. The topological polar surface area (TPSA) is 67.2 Å². The zero-order chi connectivity index (χ0) is 19.3. The van der Waals surface area contributed by atoms with Crippen molar-refractivity contribution in [2.75, 3.05) is 5.32 Å². The van der Waals surface area contributed by atoms with Crippen LogP contribution in [0.15, 0.2) is 60.9 Å². The summed E-state index contributed by atoms with van der Waals surface area (Å²) in [7, 11) is 0. The van der Waals surface area contributed by atoms with E-state index in [1.165, 1.54) is 6.07 Å². The van der Waals surface area contributed by atoms with Crippen LogP contribution in [0.4, 0.5) is 10.1 Å². The molecule has 0 unspecified atom stereocenters. The number of nitrogens with one attached hydrogen (secondary N) is 1. The largest absolute Gasteiger partial charge is 0.494 e. The third-order valence-electron chi connectivity index (χ3n) is 5.09. The first-order valence-electron chi connectivity index (χ1n) is 8.93. The third kappa shape index (κ3) is 2.70. The lowest BCUT2D eigenvalue weighted by atomic mass is 10.00. The molecular weight excluding hydrogens is 357 g/mol. The minimum absolute atomic E-state index is 0.0258. The molecule has 0 radical (unpaired) electrons. The summed E-state index contributed by atoms with van der Waals surface area (Å²) in [6.07, 6.45) is 3.71. The number of hydrogen-bond donors (Lipinski definition) is 2. The Balaban J connectivity index is 1.46. The highest BCUT2D eigenvalue weighted by molar-refractivity contribution is 5.99. The zero-order valence-electron chi connectivity index (χ0n) is 14.8. The average Bonchev–Trinajstić information content (AvgIpc) is 3.22. The lowest BCUT2D eigenvalue weighted by Crippen LogP contribution is -2.03. The van der Waals surface area contributed by atoms with Crippen molar-refractivity contribution in [2.45, 2.75) is 13.0 Å². The van der Waals surface area contributed by atoms with Crippen LogP contribution in [-0.4, -0.2) is 20.6 Å². The molecule has 6 heteroatoms. The zero-order valence-corrected chi connectivity index (χ0v) is 14.8. The highest BCUT2D eigenvalue weighted by atomic mass is 19.1. The Morgan fingerprint density at radius 1 is 1.14 bits per heavy atom. The van der Waals surface area contributed by atoms with E-state index in [1.807, 2.05) is 24.3 Å². The van der Waals surface area contributed by atoms with E-state index >= 15 is 0 Å². The molecule has 0 aliphatic carbocycles. The number of aromatic hydroxyl groups is 1. The summed E-state index contributed by atoms with van der Waals surface area (Å²) >= 11 is 0. The Morgan fingerprint density at radius 2 is 1.96 bits per heavy atom. The van der Waals surface area contributed by atoms with Crippen molar-refractivity contribution in [1.82, 2.24) is 9.55 Å². The van der Waals surface area contributed by atoms with E-state index in [1.54, 1.807) is 35.2 Å².